The number of nitrogens with zero attached hydrogens (tertiary/aromatic N) is 6. The van der Waals surface area contributed by atoms with Crippen LogP contribution in [0.5, 0.6) is 5.88 Å². The summed E-state index contributed by atoms with van der Waals surface area (Å²) in [4.78, 5) is 14.3. The molecule has 1 aliphatic rings. The van der Waals surface area contributed by atoms with E-state index in [1.807, 2.05) is 17.9 Å². The van der Waals surface area contributed by atoms with Gasteiger partial charge in [-0.3, -0.25) is 9.89 Å². The van der Waals surface area contributed by atoms with Gasteiger partial charge in [0, 0.05) is 30.8 Å². The lowest BCUT2D eigenvalue weighted by molar-refractivity contribution is 0.0704. The molecular weight excluding hydrogens is 322 g/mol. The van der Waals surface area contributed by atoms with Gasteiger partial charge in [-0.25, -0.2) is 0 Å². The number of H-pyrrole nitrogens is 1. The van der Waals surface area contributed by atoms with E-state index in [4.69, 9.17) is 4.74 Å². The molecule has 0 bridgehead atoms. The van der Waals surface area contributed by atoms with Crippen LogP contribution in [0.25, 0.3) is 5.65 Å². The van der Waals surface area contributed by atoms with Crippen molar-refractivity contribution in [1.82, 2.24) is 34.9 Å². The van der Waals surface area contributed by atoms with Crippen LogP contribution in [0.3, 0.4) is 0 Å². The predicted molar refractivity (Wildman–Crippen MR) is 88.5 cm³/mol. The lowest BCUT2D eigenvalue weighted by Gasteiger charge is -2.30. The van der Waals surface area contributed by atoms with Crippen LogP contribution in [0, 0.1) is 6.92 Å². The first-order valence-electron chi connectivity index (χ1n) is 8.23. The summed E-state index contributed by atoms with van der Waals surface area (Å²) in [5.74, 6) is 1.51. The van der Waals surface area contributed by atoms with E-state index in [0.29, 0.717) is 30.3 Å². The van der Waals surface area contributed by atoms with Crippen LogP contribution < -0.4 is 4.74 Å². The van der Waals surface area contributed by atoms with Crippen LogP contribution in [-0.2, 0) is 0 Å². The minimum absolute atomic E-state index is 0.0336. The minimum Gasteiger partial charge on any atom is -0.480 e. The van der Waals surface area contributed by atoms with E-state index in [-0.39, 0.29) is 11.8 Å². The summed E-state index contributed by atoms with van der Waals surface area (Å²) in [7, 11) is 1.58. The summed E-state index contributed by atoms with van der Waals surface area (Å²) >= 11 is 0. The molecule has 9 nitrogen and oxygen atoms in total. The highest BCUT2D eigenvalue weighted by atomic mass is 16.5. The van der Waals surface area contributed by atoms with Gasteiger partial charge in [-0.15, -0.1) is 15.3 Å². The van der Waals surface area contributed by atoms with E-state index >= 15 is 0 Å². The number of hydrogen-bond donors (Lipinski definition) is 1. The number of aryl methyl sites for hydroxylation is 1. The summed E-state index contributed by atoms with van der Waals surface area (Å²) < 4.78 is 6.92. The Hall–Kier alpha value is -2.97. The average Bonchev–Trinajstić information content (AvgIpc) is 3.27. The molecular formula is C16H19N7O2. The summed E-state index contributed by atoms with van der Waals surface area (Å²) in [6.45, 7) is 3.20. The molecule has 0 saturated carbocycles. The Kier molecular flexibility index (Phi) is 3.83. The van der Waals surface area contributed by atoms with Crippen molar-refractivity contribution < 1.29 is 9.53 Å². The first-order valence-corrected chi connectivity index (χ1v) is 8.23. The zero-order chi connectivity index (χ0) is 17.4. The molecule has 1 amide bonds. The van der Waals surface area contributed by atoms with Gasteiger partial charge in [0.05, 0.1) is 7.11 Å². The van der Waals surface area contributed by atoms with Crippen molar-refractivity contribution in [3.8, 4) is 5.88 Å². The van der Waals surface area contributed by atoms with E-state index in [1.54, 1.807) is 23.8 Å². The second-order valence-corrected chi connectivity index (χ2v) is 6.21. The number of aromatic amines is 1. The Morgan fingerprint density at radius 3 is 2.76 bits per heavy atom. The average molecular weight is 341 g/mol. The molecule has 4 rings (SSSR count). The van der Waals surface area contributed by atoms with E-state index < -0.39 is 0 Å². The highest BCUT2D eigenvalue weighted by molar-refractivity contribution is 5.92. The van der Waals surface area contributed by atoms with Crippen LogP contribution in [-0.4, -0.2) is 61.0 Å². The first-order chi connectivity index (χ1) is 12.2. The number of aromatic nitrogens is 6. The highest BCUT2D eigenvalue weighted by Crippen LogP contribution is 2.27. The number of hydrogen-bond acceptors (Lipinski definition) is 6. The lowest BCUT2D eigenvalue weighted by atomic mass is 9.96. The molecule has 130 valence electrons. The zero-order valence-electron chi connectivity index (χ0n) is 14.1. The fourth-order valence-corrected chi connectivity index (χ4v) is 3.18. The Morgan fingerprint density at radius 1 is 1.28 bits per heavy atom. The fraction of sp³-hybridized carbons (Fsp3) is 0.438. The molecule has 3 aromatic rings. The molecule has 1 fully saturated rings. The maximum atomic E-state index is 12.5. The number of ether oxygens (including phenoxy) is 1. The molecule has 3 aromatic heterocycles. The largest absolute Gasteiger partial charge is 0.480 e. The van der Waals surface area contributed by atoms with Gasteiger partial charge in [0.2, 0.25) is 5.88 Å². The molecule has 25 heavy (non-hydrogen) atoms. The molecule has 0 aliphatic carbocycles. The fourth-order valence-electron chi connectivity index (χ4n) is 3.18. The molecule has 0 aromatic carbocycles. The topological polar surface area (TPSA) is 101 Å². The maximum absolute atomic E-state index is 12.5. The Morgan fingerprint density at radius 2 is 2.08 bits per heavy atom. The SMILES string of the molecule is COc1ccc2nnc(C3CCN(C(=O)c4cc(C)[nH]n4)CC3)n2n1. The number of amides is 1. The zero-order valence-corrected chi connectivity index (χ0v) is 14.1. The number of likely N-dealkylation sites (tertiary alicyclic amines) is 1. The summed E-state index contributed by atoms with van der Waals surface area (Å²) in [6, 6.07) is 5.37. The van der Waals surface area contributed by atoms with Crippen LogP contribution in [0.2, 0.25) is 0 Å². The quantitative estimate of drug-likeness (QED) is 0.768. The number of carbonyl (C=O) groups excluding carboxylic acids is 1. The van der Waals surface area contributed by atoms with Crippen molar-refractivity contribution in [2.75, 3.05) is 20.2 Å². The van der Waals surface area contributed by atoms with Crippen LogP contribution in [0.15, 0.2) is 18.2 Å². The Balaban J connectivity index is 1.49. The third-order valence-electron chi connectivity index (χ3n) is 4.54. The number of methoxy groups -OCH3 is 1. The summed E-state index contributed by atoms with van der Waals surface area (Å²) in [6.07, 6.45) is 1.63. The Labute approximate surface area is 144 Å². The van der Waals surface area contributed by atoms with Crippen molar-refractivity contribution in [1.29, 1.82) is 0 Å². The number of piperidine rings is 1. The number of fused-ring (bicyclic) bond motifs is 1. The van der Waals surface area contributed by atoms with E-state index in [2.05, 4.69) is 25.5 Å². The smallest absolute Gasteiger partial charge is 0.274 e. The third kappa shape index (κ3) is 2.81. The molecule has 0 unspecified atom stereocenters. The number of rotatable bonds is 3. The van der Waals surface area contributed by atoms with Gasteiger partial charge in [-0.05, 0) is 31.9 Å². The monoisotopic (exact) mass is 341 g/mol. The second-order valence-electron chi connectivity index (χ2n) is 6.21. The molecule has 1 saturated heterocycles. The van der Waals surface area contributed by atoms with Gasteiger partial charge < -0.3 is 9.64 Å². The van der Waals surface area contributed by atoms with Crippen LogP contribution >= 0.6 is 0 Å². The van der Waals surface area contributed by atoms with Crippen LogP contribution in [0.1, 0.15) is 40.8 Å². The molecule has 0 atom stereocenters. The van der Waals surface area contributed by atoms with Gasteiger partial charge in [0.1, 0.15) is 5.69 Å². The van der Waals surface area contributed by atoms with Gasteiger partial charge in [0.25, 0.3) is 5.91 Å². The molecule has 1 N–H and O–H groups in total. The highest BCUT2D eigenvalue weighted by Gasteiger charge is 2.28. The first kappa shape index (κ1) is 15.6. The van der Waals surface area contributed by atoms with Gasteiger partial charge in [-0.2, -0.15) is 9.61 Å². The van der Waals surface area contributed by atoms with Crippen molar-refractivity contribution >= 4 is 11.6 Å². The molecule has 4 heterocycles. The van der Waals surface area contributed by atoms with Crippen molar-refractivity contribution in [2.24, 2.45) is 0 Å². The lowest BCUT2D eigenvalue weighted by Crippen LogP contribution is -2.38. The second kappa shape index (κ2) is 6.15. The van der Waals surface area contributed by atoms with Crippen LogP contribution in [0.4, 0.5) is 0 Å². The van der Waals surface area contributed by atoms with Crippen molar-refractivity contribution in [3.05, 3.63) is 35.4 Å². The van der Waals surface area contributed by atoms with Crippen molar-refractivity contribution in [2.45, 2.75) is 25.7 Å². The van der Waals surface area contributed by atoms with Gasteiger partial charge >= 0.3 is 0 Å². The normalized spacial score (nSPS) is 15.7. The standard InChI is InChI=1S/C16H19N7O2/c1-10-9-12(18-17-10)16(24)22-7-5-11(6-8-22)15-20-19-13-3-4-14(25-2)21-23(13)15/h3-4,9,11H,5-8H2,1-2H3,(H,17,18). The van der Waals surface area contributed by atoms with E-state index in [0.717, 1.165) is 24.4 Å². The van der Waals surface area contributed by atoms with Gasteiger partial charge in [0.15, 0.2) is 11.5 Å². The van der Waals surface area contributed by atoms with Gasteiger partial charge in [-0.1, -0.05) is 0 Å². The summed E-state index contributed by atoms with van der Waals surface area (Å²) in [5, 5.41) is 19.7. The Bertz CT molecular complexity index is 908. The third-order valence-corrected chi connectivity index (χ3v) is 4.54. The number of carbonyl (C=O) groups is 1. The molecule has 0 spiro atoms. The minimum atomic E-state index is -0.0336. The molecule has 9 heteroatoms. The predicted octanol–water partition coefficient (Wildman–Crippen LogP) is 1.18. The summed E-state index contributed by atoms with van der Waals surface area (Å²) in [5.41, 5.74) is 2.05. The van der Waals surface area contributed by atoms with Crippen molar-refractivity contribution in [3.63, 3.8) is 0 Å². The molecule has 0 radical (unpaired) electrons. The van der Waals surface area contributed by atoms with E-state index in [1.165, 1.54) is 0 Å². The molecule has 1 aliphatic heterocycles. The maximum Gasteiger partial charge on any atom is 0.274 e. The van der Waals surface area contributed by atoms with E-state index in [9.17, 15) is 4.79 Å². The number of nitrogens with one attached hydrogen (secondary N) is 1.